The van der Waals surface area contributed by atoms with Crippen LogP contribution in [0, 0.1) is 0 Å². The number of rotatable bonds is 4. The number of piperazine rings is 1. The number of aromatic nitrogens is 2. The van der Waals surface area contributed by atoms with E-state index in [1.807, 2.05) is 10.9 Å². The van der Waals surface area contributed by atoms with Crippen molar-refractivity contribution in [1.29, 1.82) is 0 Å². The largest absolute Gasteiger partial charge is 0.311 e. The molecule has 1 aliphatic rings. The van der Waals surface area contributed by atoms with Crippen LogP contribution in [-0.2, 0) is 13.1 Å². The van der Waals surface area contributed by atoms with Crippen LogP contribution in [-0.4, -0.2) is 40.4 Å². The SMILES string of the molecule is CCC1CN(Cc2cnn(CC)c2)CCN1. The molecule has 2 heterocycles. The van der Waals surface area contributed by atoms with Gasteiger partial charge in [-0.1, -0.05) is 6.92 Å². The Bertz CT molecular complexity index is 321. The molecule has 2 rings (SSSR count). The van der Waals surface area contributed by atoms with Gasteiger partial charge in [0.05, 0.1) is 6.20 Å². The highest BCUT2D eigenvalue weighted by atomic mass is 15.3. The predicted molar refractivity (Wildman–Crippen MR) is 65.3 cm³/mol. The molecule has 0 amide bonds. The van der Waals surface area contributed by atoms with Gasteiger partial charge in [-0.3, -0.25) is 9.58 Å². The molecule has 4 heteroatoms. The van der Waals surface area contributed by atoms with Crippen LogP contribution in [0.15, 0.2) is 12.4 Å². The Morgan fingerprint density at radius 2 is 2.38 bits per heavy atom. The molecular formula is C12H22N4. The van der Waals surface area contributed by atoms with E-state index >= 15 is 0 Å². The fourth-order valence-electron chi connectivity index (χ4n) is 2.23. The van der Waals surface area contributed by atoms with E-state index in [2.05, 4.69) is 35.4 Å². The second kappa shape index (κ2) is 5.46. The molecule has 1 aliphatic heterocycles. The van der Waals surface area contributed by atoms with Crippen LogP contribution in [0.25, 0.3) is 0 Å². The van der Waals surface area contributed by atoms with E-state index < -0.39 is 0 Å². The van der Waals surface area contributed by atoms with Gasteiger partial charge in [-0.15, -0.1) is 0 Å². The lowest BCUT2D eigenvalue weighted by molar-refractivity contribution is 0.190. The summed E-state index contributed by atoms with van der Waals surface area (Å²) in [7, 11) is 0. The highest BCUT2D eigenvalue weighted by Gasteiger charge is 2.17. The van der Waals surface area contributed by atoms with E-state index in [1.54, 1.807) is 0 Å². The molecule has 0 bridgehead atoms. The van der Waals surface area contributed by atoms with Crippen LogP contribution >= 0.6 is 0 Å². The minimum atomic E-state index is 0.662. The van der Waals surface area contributed by atoms with Gasteiger partial charge in [0.15, 0.2) is 0 Å². The Morgan fingerprint density at radius 1 is 1.50 bits per heavy atom. The van der Waals surface area contributed by atoms with E-state index in [9.17, 15) is 0 Å². The Morgan fingerprint density at radius 3 is 3.06 bits per heavy atom. The summed E-state index contributed by atoms with van der Waals surface area (Å²) >= 11 is 0. The van der Waals surface area contributed by atoms with Gasteiger partial charge in [0.25, 0.3) is 0 Å². The van der Waals surface area contributed by atoms with Crippen molar-refractivity contribution in [3.8, 4) is 0 Å². The third-order valence-electron chi connectivity index (χ3n) is 3.25. The van der Waals surface area contributed by atoms with Crippen molar-refractivity contribution in [2.24, 2.45) is 0 Å². The Hall–Kier alpha value is -0.870. The first kappa shape index (κ1) is 11.6. The van der Waals surface area contributed by atoms with Crippen LogP contribution in [0.1, 0.15) is 25.8 Å². The van der Waals surface area contributed by atoms with Crippen molar-refractivity contribution >= 4 is 0 Å². The molecule has 0 aromatic carbocycles. The van der Waals surface area contributed by atoms with Crippen molar-refractivity contribution < 1.29 is 0 Å². The monoisotopic (exact) mass is 222 g/mol. The maximum absolute atomic E-state index is 4.31. The minimum Gasteiger partial charge on any atom is -0.311 e. The number of hydrogen-bond acceptors (Lipinski definition) is 3. The fraction of sp³-hybridized carbons (Fsp3) is 0.750. The summed E-state index contributed by atoms with van der Waals surface area (Å²) in [6.07, 6.45) is 5.36. The highest BCUT2D eigenvalue weighted by Crippen LogP contribution is 2.08. The van der Waals surface area contributed by atoms with Crippen LogP contribution in [0.5, 0.6) is 0 Å². The first-order valence-electron chi connectivity index (χ1n) is 6.29. The maximum atomic E-state index is 4.31. The standard InChI is InChI=1S/C12H22N4/c1-3-12-10-15(6-5-13-12)8-11-7-14-16(4-2)9-11/h7,9,12-13H,3-6,8,10H2,1-2H3. The molecule has 0 spiro atoms. The zero-order valence-electron chi connectivity index (χ0n) is 10.3. The van der Waals surface area contributed by atoms with Crippen LogP contribution in [0.2, 0.25) is 0 Å². The van der Waals surface area contributed by atoms with Gasteiger partial charge in [-0.05, 0) is 13.3 Å². The lowest BCUT2D eigenvalue weighted by Crippen LogP contribution is -2.49. The van der Waals surface area contributed by atoms with E-state index in [0.29, 0.717) is 6.04 Å². The summed E-state index contributed by atoms with van der Waals surface area (Å²) in [4.78, 5) is 2.52. The van der Waals surface area contributed by atoms with Crippen molar-refractivity contribution in [1.82, 2.24) is 20.0 Å². The summed E-state index contributed by atoms with van der Waals surface area (Å²) in [5.41, 5.74) is 1.33. The molecule has 1 N–H and O–H groups in total. The van der Waals surface area contributed by atoms with Crippen molar-refractivity contribution in [3.63, 3.8) is 0 Å². The third-order valence-corrected chi connectivity index (χ3v) is 3.25. The number of nitrogens with one attached hydrogen (secondary N) is 1. The zero-order valence-corrected chi connectivity index (χ0v) is 10.3. The second-order valence-electron chi connectivity index (χ2n) is 4.50. The number of nitrogens with zero attached hydrogens (tertiary/aromatic N) is 3. The molecule has 1 fully saturated rings. The molecule has 16 heavy (non-hydrogen) atoms. The van der Waals surface area contributed by atoms with Crippen LogP contribution < -0.4 is 5.32 Å². The van der Waals surface area contributed by atoms with Gasteiger partial charge in [0.1, 0.15) is 0 Å². The van der Waals surface area contributed by atoms with Gasteiger partial charge in [-0.25, -0.2) is 0 Å². The lowest BCUT2D eigenvalue weighted by atomic mass is 10.1. The first-order valence-corrected chi connectivity index (χ1v) is 6.29. The van der Waals surface area contributed by atoms with Gasteiger partial charge in [-0.2, -0.15) is 5.10 Å². The van der Waals surface area contributed by atoms with E-state index in [-0.39, 0.29) is 0 Å². The average molecular weight is 222 g/mol. The quantitative estimate of drug-likeness (QED) is 0.828. The summed E-state index contributed by atoms with van der Waals surface area (Å²) in [6.45, 7) is 9.78. The van der Waals surface area contributed by atoms with Gasteiger partial charge in [0.2, 0.25) is 0 Å². The Labute approximate surface area is 97.6 Å². The molecule has 0 radical (unpaired) electrons. The number of hydrogen-bond donors (Lipinski definition) is 1. The van der Waals surface area contributed by atoms with Gasteiger partial charge >= 0.3 is 0 Å². The second-order valence-corrected chi connectivity index (χ2v) is 4.50. The molecule has 90 valence electrons. The third kappa shape index (κ3) is 2.83. The van der Waals surface area contributed by atoms with Crippen LogP contribution in [0.3, 0.4) is 0 Å². The topological polar surface area (TPSA) is 33.1 Å². The molecule has 0 aliphatic carbocycles. The molecule has 0 saturated carbocycles. The minimum absolute atomic E-state index is 0.662. The smallest absolute Gasteiger partial charge is 0.0534 e. The number of aryl methyl sites for hydroxylation is 1. The lowest BCUT2D eigenvalue weighted by Gasteiger charge is -2.32. The summed E-state index contributed by atoms with van der Waals surface area (Å²) in [6, 6.07) is 0.662. The van der Waals surface area contributed by atoms with E-state index in [1.165, 1.54) is 12.0 Å². The normalized spacial score (nSPS) is 22.5. The average Bonchev–Trinajstić information content (AvgIpc) is 2.77. The van der Waals surface area contributed by atoms with Crippen molar-refractivity contribution in [2.75, 3.05) is 19.6 Å². The fourth-order valence-corrected chi connectivity index (χ4v) is 2.23. The predicted octanol–water partition coefficient (Wildman–Crippen LogP) is 1.09. The van der Waals surface area contributed by atoms with E-state index in [0.717, 1.165) is 32.7 Å². The first-order chi connectivity index (χ1) is 7.81. The zero-order chi connectivity index (χ0) is 11.4. The van der Waals surface area contributed by atoms with Gasteiger partial charge in [0, 0.05) is 50.5 Å². The Kier molecular flexibility index (Phi) is 3.96. The Balaban J connectivity index is 1.88. The molecule has 1 aromatic rings. The van der Waals surface area contributed by atoms with Crippen LogP contribution in [0.4, 0.5) is 0 Å². The molecule has 1 atom stereocenters. The van der Waals surface area contributed by atoms with Gasteiger partial charge < -0.3 is 5.32 Å². The van der Waals surface area contributed by atoms with E-state index in [4.69, 9.17) is 0 Å². The summed E-state index contributed by atoms with van der Waals surface area (Å²) < 4.78 is 1.99. The van der Waals surface area contributed by atoms with Crippen molar-refractivity contribution in [2.45, 2.75) is 39.4 Å². The molecule has 4 nitrogen and oxygen atoms in total. The molecule has 1 aromatic heterocycles. The molecule has 1 saturated heterocycles. The van der Waals surface area contributed by atoms with Crippen molar-refractivity contribution in [3.05, 3.63) is 18.0 Å². The maximum Gasteiger partial charge on any atom is 0.0534 e. The molecular weight excluding hydrogens is 200 g/mol. The summed E-state index contributed by atoms with van der Waals surface area (Å²) in [5, 5.41) is 7.85. The highest BCUT2D eigenvalue weighted by molar-refractivity contribution is 5.04. The molecule has 1 unspecified atom stereocenters. The summed E-state index contributed by atoms with van der Waals surface area (Å²) in [5.74, 6) is 0.